The molecule has 0 aliphatic rings. The highest BCUT2D eigenvalue weighted by Crippen LogP contribution is 2.18. The minimum Gasteiger partial charge on any atom is -0.397 e. The van der Waals surface area contributed by atoms with Gasteiger partial charge in [-0.05, 0) is 42.3 Å². The van der Waals surface area contributed by atoms with Crippen molar-refractivity contribution in [2.45, 2.75) is 19.8 Å². The van der Waals surface area contributed by atoms with Crippen molar-refractivity contribution >= 4 is 23.0 Å². The maximum atomic E-state index is 12.1. The number of carbonyl (C=O) groups is 1. The summed E-state index contributed by atoms with van der Waals surface area (Å²) in [5, 5.41) is 2.84. The summed E-state index contributed by atoms with van der Waals surface area (Å²) in [4.78, 5) is 12.1. The Balaban J connectivity index is 2.08. The smallest absolute Gasteiger partial charge is 0.255 e. The van der Waals surface area contributed by atoms with Gasteiger partial charge in [-0.25, -0.2) is 0 Å². The van der Waals surface area contributed by atoms with Gasteiger partial charge in [-0.3, -0.25) is 4.79 Å². The molecule has 0 aliphatic heterocycles. The Kier molecular flexibility index (Phi) is 4.25. The van der Waals surface area contributed by atoms with Gasteiger partial charge < -0.3 is 16.8 Å². The lowest BCUT2D eigenvalue weighted by Gasteiger charge is -2.08. The van der Waals surface area contributed by atoms with Crippen molar-refractivity contribution in [2.24, 2.45) is 0 Å². The van der Waals surface area contributed by atoms with Gasteiger partial charge in [0.2, 0.25) is 0 Å². The number of rotatable bonds is 4. The molecular formula is C16H19N3O. The monoisotopic (exact) mass is 269 g/mol. The van der Waals surface area contributed by atoms with E-state index < -0.39 is 0 Å². The molecule has 0 bridgehead atoms. The average Bonchev–Trinajstić information content (AvgIpc) is 2.44. The van der Waals surface area contributed by atoms with E-state index in [2.05, 4.69) is 12.2 Å². The zero-order valence-electron chi connectivity index (χ0n) is 11.5. The summed E-state index contributed by atoms with van der Waals surface area (Å²) in [7, 11) is 0. The molecule has 0 spiro atoms. The van der Waals surface area contributed by atoms with Gasteiger partial charge in [0.25, 0.3) is 5.91 Å². The SMILES string of the molecule is CCCc1ccc(NC(=O)c2ccc(N)c(N)c2)cc1. The van der Waals surface area contributed by atoms with Crippen LogP contribution < -0.4 is 16.8 Å². The van der Waals surface area contributed by atoms with Crippen LogP contribution in [0, 0.1) is 0 Å². The zero-order valence-corrected chi connectivity index (χ0v) is 11.5. The molecule has 104 valence electrons. The van der Waals surface area contributed by atoms with Gasteiger partial charge >= 0.3 is 0 Å². The van der Waals surface area contributed by atoms with Crippen LogP contribution in [0.1, 0.15) is 29.3 Å². The maximum absolute atomic E-state index is 12.1. The third-order valence-corrected chi connectivity index (χ3v) is 3.10. The number of carbonyl (C=O) groups excluding carboxylic acids is 1. The number of nitrogen functional groups attached to an aromatic ring is 2. The molecular weight excluding hydrogens is 250 g/mol. The van der Waals surface area contributed by atoms with Gasteiger partial charge in [-0.2, -0.15) is 0 Å². The fraction of sp³-hybridized carbons (Fsp3) is 0.188. The van der Waals surface area contributed by atoms with Crippen molar-refractivity contribution in [1.82, 2.24) is 0 Å². The molecule has 0 aliphatic carbocycles. The number of benzene rings is 2. The van der Waals surface area contributed by atoms with E-state index in [-0.39, 0.29) is 5.91 Å². The first-order valence-electron chi connectivity index (χ1n) is 6.65. The molecule has 4 heteroatoms. The number of anilines is 3. The summed E-state index contributed by atoms with van der Waals surface area (Å²) < 4.78 is 0. The lowest BCUT2D eigenvalue weighted by atomic mass is 10.1. The number of hydrogen-bond donors (Lipinski definition) is 3. The molecule has 2 aromatic rings. The molecule has 0 radical (unpaired) electrons. The van der Waals surface area contributed by atoms with Crippen LogP contribution in [-0.2, 0) is 6.42 Å². The summed E-state index contributed by atoms with van der Waals surface area (Å²) >= 11 is 0. The molecule has 0 atom stereocenters. The summed E-state index contributed by atoms with van der Waals surface area (Å²) in [6.07, 6.45) is 2.15. The second kappa shape index (κ2) is 6.10. The van der Waals surface area contributed by atoms with Gasteiger partial charge in [0.15, 0.2) is 0 Å². The molecule has 0 aromatic heterocycles. The largest absolute Gasteiger partial charge is 0.397 e. The Labute approximate surface area is 118 Å². The van der Waals surface area contributed by atoms with Crippen LogP contribution in [0.3, 0.4) is 0 Å². The average molecular weight is 269 g/mol. The van der Waals surface area contributed by atoms with Crippen molar-refractivity contribution in [3.05, 3.63) is 53.6 Å². The summed E-state index contributed by atoms with van der Waals surface area (Å²) in [6, 6.07) is 12.7. The van der Waals surface area contributed by atoms with Gasteiger partial charge in [0.1, 0.15) is 0 Å². The van der Waals surface area contributed by atoms with Crippen LogP contribution in [-0.4, -0.2) is 5.91 Å². The highest BCUT2D eigenvalue weighted by molar-refractivity contribution is 6.05. The van der Waals surface area contributed by atoms with E-state index in [0.29, 0.717) is 16.9 Å². The standard InChI is InChI=1S/C16H19N3O/c1-2-3-11-4-7-13(8-5-11)19-16(20)12-6-9-14(17)15(18)10-12/h4-10H,2-3,17-18H2,1H3,(H,19,20). The molecule has 0 fully saturated rings. The van der Waals surface area contributed by atoms with Crippen molar-refractivity contribution in [1.29, 1.82) is 0 Å². The number of hydrogen-bond acceptors (Lipinski definition) is 3. The number of amides is 1. The van der Waals surface area contributed by atoms with Gasteiger partial charge in [0, 0.05) is 11.3 Å². The van der Waals surface area contributed by atoms with E-state index in [1.54, 1.807) is 18.2 Å². The molecule has 0 heterocycles. The minimum absolute atomic E-state index is 0.194. The number of aryl methyl sites for hydroxylation is 1. The topological polar surface area (TPSA) is 81.1 Å². The maximum Gasteiger partial charge on any atom is 0.255 e. The fourth-order valence-corrected chi connectivity index (χ4v) is 1.96. The first kappa shape index (κ1) is 13.9. The fourth-order valence-electron chi connectivity index (χ4n) is 1.96. The second-order valence-electron chi connectivity index (χ2n) is 4.74. The van der Waals surface area contributed by atoms with Crippen LogP contribution in [0.15, 0.2) is 42.5 Å². The molecule has 4 nitrogen and oxygen atoms in total. The number of nitrogens with one attached hydrogen (secondary N) is 1. The quantitative estimate of drug-likeness (QED) is 0.746. The lowest BCUT2D eigenvalue weighted by Crippen LogP contribution is -2.12. The van der Waals surface area contributed by atoms with Crippen molar-refractivity contribution < 1.29 is 4.79 Å². The Morgan fingerprint density at radius 1 is 1.05 bits per heavy atom. The summed E-state index contributed by atoms with van der Waals surface area (Å²) in [6.45, 7) is 2.14. The van der Waals surface area contributed by atoms with Crippen molar-refractivity contribution in [3.8, 4) is 0 Å². The predicted octanol–water partition coefficient (Wildman–Crippen LogP) is 3.06. The Morgan fingerprint density at radius 3 is 2.35 bits per heavy atom. The van der Waals surface area contributed by atoms with Crippen LogP contribution >= 0.6 is 0 Å². The third kappa shape index (κ3) is 3.29. The molecule has 0 saturated carbocycles. The lowest BCUT2D eigenvalue weighted by molar-refractivity contribution is 0.102. The molecule has 0 saturated heterocycles. The zero-order chi connectivity index (χ0) is 14.5. The third-order valence-electron chi connectivity index (χ3n) is 3.10. The van der Waals surface area contributed by atoms with Crippen LogP contribution in [0.25, 0.3) is 0 Å². The summed E-state index contributed by atoms with van der Waals surface area (Å²) in [5.41, 5.74) is 14.7. The molecule has 1 amide bonds. The van der Waals surface area contributed by atoms with E-state index >= 15 is 0 Å². The molecule has 2 rings (SSSR count). The van der Waals surface area contributed by atoms with Crippen LogP contribution in [0.4, 0.5) is 17.1 Å². The molecule has 0 unspecified atom stereocenters. The van der Waals surface area contributed by atoms with Crippen LogP contribution in [0.5, 0.6) is 0 Å². The minimum atomic E-state index is -0.194. The van der Waals surface area contributed by atoms with Crippen molar-refractivity contribution in [3.63, 3.8) is 0 Å². The highest BCUT2D eigenvalue weighted by Gasteiger charge is 2.07. The molecule has 5 N–H and O–H groups in total. The molecule has 2 aromatic carbocycles. The van der Waals surface area contributed by atoms with E-state index in [9.17, 15) is 4.79 Å². The Morgan fingerprint density at radius 2 is 1.75 bits per heavy atom. The highest BCUT2D eigenvalue weighted by atomic mass is 16.1. The normalized spacial score (nSPS) is 10.2. The molecule has 20 heavy (non-hydrogen) atoms. The summed E-state index contributed by atoms with van der Waals surface area (Å²) in [5.74, 6) is -0.194. The first-order valence-corrected chi connectivity index (χ1v) is 6.65. The van der Waals surface area contributed by atoms with E-state index in [4.69, 9.17) is 11.5 Å². The Bertz CT molecular complexity index is 606. The first-order chi connectivity index (χ1) is 9.60. The predicted molar refractivity (Wildman–Crippen MR) is 83.7 cm³/mol. The van der Waals surface area contributed by atoms with E-state index in [1.165, 1.54) is 5.56 Å². The second-order valence-corrected chi connectivity index (χ2v) is 4.74. The van der Waals surface area contributed by atoms with Crippen molar-refractivity contribution in [2.75, 3.05) is 16.8 Å². The van der Waals surface area contributed by atoms with E-state index in [0.717, 1.165) is 18.5 Å². The van der Waals surface area contributed by atoms with Gasteiger partial charge in [-0.15, -0.1) is 0 Å². The van der Waals surface area contributed by atoms with Gasteiger partial charge in [0.05, 0.1) is 11.4 Å². The van der Waals surface area contributed by atoms with Gasteiger partial charge in [-0.1, -0.05) is 25.5 Å². The van der Waals surface area contributed by atoms with E-state index in [1.807, 2.05) is 24.3 Å². The Hall–Kier alpha value is -2.49. The number of nitrogens with two attached hydrogens (primary N) is 2. The van der Waals surface area contributed by atoms with Crippen LogP contribution in [0.2, 0.25) is 0 Å².